The van der Waals surface area contributed by atoms with E-state index in [9.17, 15) is 0 Å². The summed E-state index contributed by atoms with van der Waals surface area (Å²) in [5, 5.41) is 2.20. The first-order chi connectivity index (χ1) is 10.8. The largest absolute Gasteiger partial charge is 0.490 e. The highest BCUT2D eigenvalue weighted by molar-refractivity contribution is 9.09. The molecule has 2 nitrogen and oxygen atoms in total. The van der Waals surface area contributed by atoms with Crippen molar-refractivity contribution < 1.29 is 9.31 Å². The van der Waals surface area contributed by atoms with Crippen LogP contribution in [0.1, 0.15) is 79.1 Å². The highest BCUT2D eigenvalue weighted by atomic mass is 79.9. The normalized spacial score (nSPS) is 20.3. The first-order valence-electron chi connectivity index (χ1n) is 9.00. The SMILES string of the molecule is CC1(C)OB(/C(=C\CCCCCBr)CCCCCBr)OC1(C)C. The summed E-state index contributed by atoms with van der Waals surface area (Å²) in [6.45, 7) is 8.52. The number of unbranched alkanes of at least 4 members (excludes halogenated alkanes) is 5. The molecule has 0 aromatic rings. The lowest BCUT2D eigenvalue weighted by Gasteiger charge is -2.32. The molecule has 1 aliphatic rings. The Morgan fingerprint density at radius 3 is 1.87 bits per heavy atom. The highest BCUT2D eigenvalue weighted by Crippen LogP contribution is 2.39. The van der Waals surface area contributed by atoms with E-state index in [4.69, 9.17) is 9.31 Å². The molecule has 1 heterocycles. The molecule has 5 heteroatoms. The summed E-state index contributed by atoms with van der Waals surface area (Å²) in [6, 6.07) is 0. The van der Waals surface area contributed by atoms with Crippen LogP contribution in [0, 0.1) is 0 Å². The van der Waals surface area contributed by atoms with Crippen LogP contribution >= 0.6 is 31.9 Å². The van der Waals surface area contributed by atoms with Crippen molar-refractivity contribution >= 4 is 39.0 Å². The van der Waals surface area contributed by atoms with Crippen molar-refractivity contribution in [3.8, 4) is 0 Å². The Kier molecular flexibility index (Phi) is 10.0. The minimum Gasteiger partial charge on any atom is -0.400 e. The lowest BCUT2D eigenvalue weighted by molar-refractivity contribution is 0.00578. The van der Waals surface area contributed by atoms with E-state index in [1.807, 2.05) is 0 Å². The van der Waals surface area contributed by atoms with Crippen LogP contribution in [-0.4, -0.2) is 29.0 Å². The molecule has 0 spiro atoms. The number of rotatable bonds is 11. The predicted octanol–water partition coefficient (Wildman–Crippen LogP) is 6.45. The van der Waals surface area contributed by atoms with Crippen LogP contribution in [0.2, 0.25) is 0 Å². The van der Waals surface area contributed by atoms with Crippen molar-refractivity contribution in [2.24, 2.45) is 0 Å². The summed E-state index contributed by atoms with van der Waals surface area (Å²) in [5.41, 5.74) is 0.850. The molecule has 0 amide bonds. The van der Waals surface area contributed by atoms with Crippen molar-refractivity contribution in [1.29, 1.82) is 0 Å². The first kappa shape index (κ1) is 21.7. The Hall–Kier alpha value is 0.685. The van der Waals surface area contributed by atoms with Gasteiger partial charge in [-0.25, -0.2) is 0 Å². The zero-order valence-electron chi connectivity index (χ0n) is 15.3. The fraction of sp³-hybridized carbons (Fsp3) is 0.889. The number of allylic oxidation sites excluding steroid dienone is 2. The van der Waals surface area contributed by atoms with Gasteiger partial charge in [-0.3, -0.25) is 0 Å². The highest BCUT2D eigenvalue weighted by Gasteiger charge is 2.52. The van der Waals surface area contributed by atoms with Crippen molar-refractivity contribution in [1.82, 2.24) is 0 Å². The summed E-state index contributed by atoms with van der Waals surface area (Å²) in [4.78, 5) is 0. The Labute approximate surface area is 160 Å². The molecule has 0 unspecified atom stereocenters. The molecule has 0 aromatic heterocycles. The predicted molar refractivity (Wildman–Crippen MR) is 109 cm³/mol. The maximum Gasteiger partial charge on any atom is 0.490 e. The topological polar surface area (TPSA) is 18.5 Å². The Morgan fingerprint density at radius 2 is 1.35 bits per heavy atom. The second-order valence-corrected chi connectivity index (χ2v) is 8.99. The molecule has 0 aliphatic carbocycles. The van der Waals surface area contributed by atoms with Crippen LogP contribution < -0.4 is 0 Å². The fourth-order valence-corrected chi connectivity index (χ4v) is 3.41. The van der Waals surface area contributed by atoms with E-state index in [1.165, 1.54) is 44.0 Å². The van der Waals surface area contributed by atoms with Crippen LogP contribution in [0.15, 0.2) is 11.5 Å². The van der Waals surface area contributed by atoms with Gasteiger partial charge in [-0.05, 0) is 65.3 Å². The van der Waals surface area contributed by atoms with E-state index in [0.717, 1.165) is 23.5 Å². The molecule has 0 saturated carbocycles. The van der Waals surface area contributed by atoms with Gasteiger partial charge in [-0.15, -0.1) is 0 Å². The van der Waals surface area contributed by atoms with Crippen LogP contribution in [0.4, 0.5) is 0 Å². The van der Waals surface area contributed by atoms with Gasteiger partial charge in [0, 0.05) is 10.7 Å². The van der Waals surface area contributed by atoms with E-state index in [0.29, 0.717) is 0 Å². The van der Waals surface area contributed by atoms with Gasteiger partial charge in [-0.2, -0.15) is 0 Å². The zero-order chi connectivity index (χ0) is 17.3. The Morgan fingerprint density at radius 1 is 0.826 bits per heavy atom. The average molecular weight is 452 g/mol. The maximum atomic E-state index is 6.25. The van der Waals surface area contributed by atoms with Gasteiger partial charge in [-0.1, -0.05) is 57.2 Å². The second kappa shape index (κ2) is 10.6. The maximum absolute atomic E-state index is 6.25. The summed E-state index contributed by atoms with van der Waals surface area (Å²) >= 11 is 7.01. The number of halogens is 2. The molecule has 0 bridgehead atoms. The summed E-state index contributed by atoms with van der Waals surface area (Å²) < 4.78 is 12.5. The Bertz CT molecular complexity index is 354. The summed E-state index contributed by atoms with van der Waals surface area (Å²) in [6.07, 6.45) is 12.1. The van der Waals surface area contributed by atoms with Crippen molar-refractivity contribution in [3.05, 3.63) is 11.5 Å². The molecule has 1 fully saturated rings. The smallest absolute Gasteiger partial charge is 0.400 e. The lowest BCUT2D eigenvalue weighted by atomic mass is 9.74. The van der Waals surface area contributed by atoms with E-state index in [1.54, 1.807) is 0 Å². The quantitative estimate of drug-likeness (QED) is 0.204. The van der Waals surface area contributed by atoms with Gasteiger partial charge in [0.1, 0.15) is 0 Å². The van der Waals surface area contributed by atoms with Crippen molar-refractivity contribution in [2.75, 3.05) is 10.7 Å². The molecule has 134 valence electrons. The number of alkyl halides is 2. The zero-order valence-corrected chi connectivity index (χ0v) is 18.5. The van der Waals surface area contributed by atoms with E-state index in [2.05, 4.69) is 65.6 Å². The van der Waals surface area contributed by atoms with Crippen LogP contribution in [0.5, 0.6) is 0 Å². The third-order valence-electron chi connectivity index (χ3n) is 4.90. The molecule has 1 rings (SSSR count). The molecule has 1 aliphatic heterocycles. The van der Waals surface area contributed by atoms with E-state index >= 15 is 0 Å². The standard InChI is InChI=1S/C18H33BBr2O2/c1-17(2)18(3,4)23-19(22-17)16(13-9-7-11-15-21)12-8-5-6-10-14-20/h12H,5-11,13-15H2,1-4H3/b16-12-. The van der Waals surface area contributed by atoms with Gasteiger partial charge in [0.05, 0.1) is 11.2 Å². The number of hydrogen-bond acceptors (Lipinski definition) is 2. The Balaban J connectivity index is 2.61. The molecule has 1 saturated heterocycles. The molecule has 0 aromatic carbocycles. The molecule has 0 radical (unpaired) electrons. The van der Waals surface area contributed by atoms with Crippen LogP contribution in [0.3, 0.4) is 0 Å². The van der Waals surface area contributed by atoms with Gasteiger partial charge in [0.25, 0.3) is 0 Å². The van der Waals surface area contributed by atoms with Crippen LogP contribution in [0.25, 0.3) is 0 Å². The monoisotopic (exact) mass is 450 g/mol. The van der Waals surface area contributed by atoms with E-state index in [-0.39, 0.29) is 18.3 Å². The molecule has 0 N–H and O–H groups in total. The number of hydrogen-bond donors (Lipinski definition) is 0. The second-order valence-electron chi connectivity index (χ2n) is 7.41. The fourth-order valence-electron chi connectivity index (χ4n) is 2.61. The third kappa shape index (κ3) is 7.21. The minimum absolute atomic E-state index is 0.167. The van der Waals surface area contributed by atoms with Gasteiger partial charge < -0.3 is 9.31 Å². The molecule has 23 heavy (non-hydrogen) atoms. The van der Waals surface area contributed by atoms with Gasteiger partial charge in [0.15, 0.2) is 0 Å². The summed E-state index contributed by atoms with van der Waals surface area (Å²) in [7, 11) is -0.167. The van der Waals surface area contributed by atoms with Crippen LogP contribution in [-0.2, 0) is 9.31 Å². The molecule has 0 atom stereocenters. The van der Waals surface area contributed by atoms with Crippen molar-refractivity contribution in [3.63, 3.8) is 0 Å². The lowest BCUT2D eigenvalue weighted by Crippen LogP contribution is -2.41. The summed E-state index contributed by atoms with van der Waals surface area (Å²) in [5.74, 6) is 0. The molecular formula is C18H33BBr2O2. The first-order valence-corrected chi connectivity index (χ1v) is 11.2. The third-order valence-corrected chi connectivity index (χ3v) is 6.02. The van der Waals surface area contributed by atoms with E-state index < -0.39 is 0 Å². The van der Waals surface area contributed by atoms with Gasteiger partial charge >= 0.3 is 7.12 Å². The van der Waals surface area contributed by atoms with Crippen molar-refractivity contribution in [2.45, 2.75) is 90.3 Å². The van der Waals surface area contributed by atoms with Gasteiger partial charge in [0.2, 0.25) is 0 Å². The molecular weight excluding hydrogens is 419 g/mol. The average Bonchev–Trinajstić information content (AvgIpc) is 2.69. The minimum atomic E-state index is -0.247.